The molecule has 0 radical (unpaired) electrons. The lowest BCUT2D eigenvalue weighted by Crippen LogP contribution is -1.85. The first-order valence-electron chi connectivity index (χ1n) is 5.36. The van der Waals surface area contributed by atoms with Crippen LogP contribution in [0.2, 0.25) is 0 Å². The molecule has 1 aromatic heterocycles. The first-order valence-corrected chi connectivity index (χ1v) is 6.34. The van der Waals surface area contributed by atoms with Gasteiger partial charge in [-0.25, -0.2) is 4.98 Å². The molecule has 2 aromatic rings. The monoisotopic (exact) mass is 229 g/mol. The Labute approximate surface area is 101 Å². The van der Waals surface area contributed by atoms with Crippen molar-refractivity contribution in [2.75, 3.05) is 0 Å². The second-order valence-electron chi connectivity index (χ2n) is 3.89. The molecule has 0 aliphatic carbocycles. The van der Waals surface area contributed by atoms with Crippen LogP contribution < -0.4 is 0 Å². The van der Waals surface area contributed by atoms with Crippen LogP contribution in [0.4, 0.5) is 0 Å². The number of hydrogen-bond donors (Lipinski definition) is 0. The molecule has 0 unspecified atom stereocenters. The molecule has 0 aliphatic heterocycles. The number of pyridine rings is 1. The lowest BCUT2D eigenvalue weighted by atomic mass is 10.2. The average molecular weight is 229 g/mol. The van der Waals surface area contributed by atoms with Crippen molar-refractivity contribution in [3.63, 3.8) is 0 Å². The Kier molecular flexibility index (Phi) is 3.62. The minimum Gasteiger partial charge on any atom is -0.247 e. The van der Waals surface area contributed by atoms with E-state index in [1.54, 1.807) is 11.8 Å². The van der Waals surface area contributed by atoms with Crippen LogP contribution in [0.25, 0.3) is 0 Å². The Hall–Kier alpha value is -1.28. The van der Waals surface area contributed by atoms with Crippen molar-refractivity contribution >= 4 is 11.8 Å². The molecule has 0 atom stereocenters. The van der Waals surface area contributed by atoms with E-state index in [-0.39, 0.29) is 0 Å². The van der Waals surface area contributed by atoms with Gasteiger partial charge in [0.25, 0.3) is 0 Å². The minimum atomic E-state index is 0.983. The highest BCUT2D eigenvalue weighted by atomic mass is 32.2. The van der Waals surface area contributed by atoms with E-state index in [4.69, 9.17) is 0 Å². The Morgan fingerprint density at radius 1 is 1.00 bits per heavy atom. The van der Waals surface area contributed by atoms with E-state index in [1.165, 1.54) is 11.1 Å². The molecule has 0 amide bonds. The molecule has 0 aliphatic rings. The van der Waals surface area contributed by atoms with Gasteiger partial charge in [0.1, 0.15) is 0 Å². The van der Waals surface area contributed by atoms with Crippen LogP contribution >= 0.6 is 11.8 Å². The fourth-order valence-corrected chi connectivity index (χ4v) is 2.33. The number of aryl methyl sites for hydroxylation is 2. The standard InChI is InChI=1S/C14H15NS/c1-11-6-8-13(9-7-11)10-16-14-5-3-4-12(2)15-14/h3-9H,10H2,1-2H3. The number of nitrogens with zero attached hydrogens (tertiary/aromatic N) is 1. The van der Waals surface area contributed by atoms with Gasteiger partial charge in [-0.3, -0.25) is 0 Å². The summed E-state index contributed by atoms with van der Waals surface area (Å²) in [7, 11) is 0. The van der Waals surface area contributed by atoms with Crippen molar-refractivity contribution in [1.82, 2.24) is 4.98 Å². The molecule has 82 valence electrons. The summed E-state index contributed by atoms with van der Waals surface area (Å²) in [6, 6.07) is 14.8. The fourth-order valence-electron chi connectivity index (χ4n) is 1.44. The second-order valence-corrected chi connectivity index (χ2v) is 4.89. The Balaban J connectivity index is 1.99. The van der Waals surface area contributed by atoms with Crippen molar-refractivity contribution in [2.24, 2.45) is 0 Å². The van der Waals surface area contributed by atoms with Crippen LogP contribution in [0.5, 0.6) is 0 Å². The zero-order chi connectivity index (χ0) is 11.4. The van der Waals surface area contributed by atoms with E-state index >= 15 is 0 Å². The molecule has 1 aromatic carbocycles. The third kappa shape index (κ3) is 3.11. The molecular formula is C14H15NS. The third-order valence-electron chi connectivity index (χ3n) is 2.37. The maximum absolute atomic E-state index is 4.47. The molecule has 2 heteroatoms. The Morgan fingerprint density at radius 2 is 1.75 bits per heavy atom. The Bertz CT molecular complexity index is 462. The van der Waals surface area contributed by atoms with Crippen LogP contribution in [-0.2, 0) is 5.75 Å². The SMILES string of the molecule is Cc1ccc(CSc2cccc(C)n2)cc1. The second kappa shape index (κ2) is 5.17. The molecule has 0 saturated heterocycles. The molecular weight excluding hydrogens is 214 g/mol. The van der Waals surface area contributed by atoms with E-state index in [2.05, 4.69) is 48.3 Å². The summed E-state index contributed by atoms with van der Waals surface area (Å²) in [6.45, 7) is 4.13. The topological polar surface area (TPSA) is 12.9 Å². The lowest BCUT2D eigenvalue weighted by molar-refractivity contribution is 1.06. The van der Waals surface area contributed by atoms with Crippen molar-refractivity contribution in [2.45, 2.75) is 24.6 Å². The van der Waals surface area contributed by atoms with Crippen molar-refractivity contribution in [3.8, 4) is 0 Å². The Morgan fingerprint density at radius 3 is 2.44 bits per heavy atom. The van der Waals surface area contributed by atoms with Gasteiger partial charge in [0.2, 0.25) is 0 Å². The van der Waals surface area contributed by atoms with Gasteiger partial charge in [0, 0.05) is 11.4 Å². The maximum Gasteiger partial charge on any atom is 0.0966 e. The summed E-state index contributed by atoms with van der Waals surface area (Å²) >= 11 is 1.78. The van der Waals surface area contributed by atoms with E-state index in [1.807, 2.05) is 13.0 Å². The van der Waals surface area contributed by atoms with Crippen LogP contribution in [0.3, 0.4) is 0 Å². The molecule has 0 fully saturated rings. The first kappa shape index (κ1) is 11.2. The minimum absolute atomic E-state index is 0.983. The summed E-state index contributed by atoms with van der Waals surface area (Å²) in [5.74, 6) is 0.983. The van der Waals surface area contributed by atoms with Crippen molar-refractivity contribution in [3.05, 3.63) is 59.3 Å². The van der Waals surface area contributed by atoms with Crippen LogP contribution in [-0.4, -0.2) is 4.98 Å². The van der Waals surface area contributed by atoms with Gasteiger partial charge >= 0.3 is 0 Å². The largest absolute Gasteiger partial charge is 0.247 e. The molecule has 16 heavy (non-hydrogen) atoms. The summed E-state index contributed by atoms with van der Waals surface area (Å²) in [6.07, 6.45) is 0. The molecule has 0 saturated carbocycles. The van der Waals surface area contributed by atoms with Gasteiger partial charge in [-0.2, -0.15) is 0 Å². The zero-order valence-corrected chi connectivity index (χ0v) is 10.4. The first-order chi connectivity index (χ1) is 7.74. The molecule has 0 N–H and O–H groups in total. The van der Waals surface area contributed by atoms with E-state index < -0.39 is 0 Å². The molecule has 0 spiro atoms. The molecule has 1 heterocycles. The highest BCUT2D eigenvalue weighted by Crippen LogP contribution is 2.20. The van der Waals surface area contributed by atoms with Gasteiger partial charge < -0.3 is 0 Å². The summed E-state index contributed by atoms with van der Waals surface area (Å²) < 4.78 is 0. The number of hydrogen-bond acceptors (Lipinski definition) is 2. The van der Waals surface area contributed by atoms with Gasteiger partial charge in [-0.15, -0.1) is 11.8 Å². The normalized spacial score (nSPS) is 10.4. The highest BCUT2D eigenvalue weighted by Gasteiger charge is 1.97. The van der Waals surface area contributed by atoms with Gasteiger partial charge in [-0.05, 0) is 31.5 Å². The third-order valence-corrected chi connectivity index (χ3v) is 3.37. The van der Waals surface area contributed by atoms with Crippen LogP contribution in [0.1, 0.15) is 16.8 Å². The summed E-state index contributed by atoms with van der Waals surface area (Å²) in [5, 5.41) is 1.10. The van der Waals surface area contributed by atoms with Gasteiger partial charge in [0.15, 0.2) is 0 Å². The van der Waals surface area contributed by atoms with E-state index in [0.717, 1.165) is 16.5 Å². The smallest absolute Gasteiger partial charge is 0.0966 e. The average Bonchev–Trinajstić information content (AvgIpc) is 2.28. The van der Waals surface area contributed by atoms with E-state index in [0.29, 0.717) is 0 Å². The van der Waals surface area contributed by atoms with Gasteiger partial charge in [-0.1, -0.05) is 35.9 Å². The number of aromatic nitrogens is 1. The molecule has 1 nitrogen and oxygen atoms in total. The predicted octanol–water partition coefficient (Wildman–Crippen LogP) is 3.99. The predicted molar refractivity (Wildman–Crippen MR) is 69.7 cm³/mol. The van der Waals surface area contributed by atoms with Crippen molar-refractivity contribution in [1.29, 1.82) is 0 Å². The summed E-state index contributed by atoms with van der Waals surface area (Å²) in [4.78, 5) is 4.47. The highest BCUT2D eigenvalue weighted by molar-refractivity contribution is 7.98. The zero-order valence-electron chi connectivity index (χ0n) is 9.60. The fraction of sp³-hybridized carbons (Fsp3) is 0.214. The van der Waals surface area contributed by atoms with Crippen LogP contribution in [0.15, 0.2) is 47.5 Å². The number of rotatable bonds is 3. The van der Waals surface area contributed by atoms with Crippen molar-refractivity contribution < 1.29 is 0 Å². The molecule has 2 rings (SSSR count). The quantitative estimate of drug-likeness (QED) is 0.738. The lowest BCUT2D eigenvalue weighted by Gasteiger charge is -2.02. The number of thioether (sulfide) groups is 1. The molecule has 0 bridgehead atoms. The summed E-state index contributed by atoms with van der Waals surface area (Å²) in [5.41, 5.74) is 3.73. The van der Waals surface area contributed by atoms with Gasteiger partial charge in [0.05, 0.1) is 5.03 Å². The van der Waals surface area contributed by atoms with E-state index in [9.17, 15) is 0 Å². The van der Waals surface area contributed by atoms with Crippen LogP contribution in [0, 0.1) is 13.8 Å². The number of benzene rings is 1. The maximum atomic E-state index is 4.47.